The predicted octanol–water partition coefficient (Wildman–Crippen LogP) is 4.13. The number of carbonyl (C=O) groups is 2. The van der Waals surface area contributed by atoms with E-state index in [1.165, 1.54) is 0 Å². The molecule has 6 nitrogen and oxygen atoms in total. The fourth-order valence-electron chi connectivity index (χ4n) is 2.99. The van der Waals surface area contributed by atoms with Gasteiger partial charge in [-0.2, -0.15) is 0 Å². The van der Waals surface area contributed by atoms with Crippen molar-refractivity contribution in [2.24, 2.45) is 0 Å². The molecule has 0 aliphatic carbocycles. The van der Waals surface area contributed by atoms with Gasteiger partial charge in [-0.25, -0.2) is 0 Å². The van der Waals surface area contributed by atoms with E-state index in [-0.39, 0.29) is 18.4 Å². The van der Waals surface area contributed by atoms with Crippen LogP contribution in [-0.4, -0.2) is 18.4 Å². The zero-order chi connectivity index (χ0) is 20.6. The van der Waals surface area contributed by atoms with Gasteiger partial charge in [-0.15, -0.1) is 0 Å². The highest BCUT2D eigenvalue weighted by Gasteiger charge is 2.09. The average molecular weight is 391 g/mol. The highest BCUT2D eigenvalue weighted by atomic mass is 16.3. The molecule has 3 N–H and O–H groups in total. The van der Waals surface area contributed by atoms with Gasteiger partial charge in [-0.1, -0.05) is 25.1 Å². The monoisotopic (exact) mass is 391 g/mol. The predicted molar refractivity (Wildman–Crippen MR) is 114 cm³/mol. The number of aryl methyl sites for hydroxylation is 2. The Balaban J connectivity index is 1.51. The molecular formula is C23H25N3O3. The van der Waals surface area contributed by atoms with E-state index in [0.717, 1.165) is 28.9 Å². The van der Waals surface area contributed by atoms with Crippen LogP contribution in [0.4, 0.5) is 11.4 Å². The van der Waals surface area contributed by atoms with Crippen molar-refractivity contribution in [3.05, 3.63) is 83.3 Å². The van der Waals surface area contributed by atoms with E-state index in [9.17, 15) is 9.59 Å². The van der Waals surface area contributed by atoms with E-state index in [1.54, 1.807) is 42.7 Å². The lowest BCUT2D eigenvalue weighted by Gasteiger charge is -2.13. The summed E-state index contributed by atoms with van der Waals surface area (Å²) >= 11 is 0. The van der Waals surface area contributed by atoms with Crippen molar-refractivity contribution in [2.75, 3.05) is 17.2 Å². The van der Waals surface area contributed by atoms with Gasteiger partial charge in [-0.05, 0) is 60.9 Å². The summed E-state index contributed by atoms with van der Waals surface area (Å²) < 4.78 is 5.20. The molecule has 0 bridgehead atoms. The summed E-state index contributed by atoms with van der Waals surface area (Å²) in [5.41, 5.74) is 4.35. The van der Waals surface area contributed by atoms with Crippen molar-refractivity contribution < 1.29 is 14.0 Å². The molecule has 29 heavy (non-hydrogen) atoms. The zero-order valence-corrected chi connectivity index (χ0v) is 16.6. The first-order chi connectivity index (χ1) is 14.1. The van der Waals surface area contributed by atoms with Crippen molar-refractivity contribution in [1.29, 1.82) is 0 Å². The van der Waals surface area contributed by atoms with Crippen LogP contribution in [0.1, 0.15) is 34.2 Å². The van der Waals surface area contributed by atoms with Crippen LogP contribution in [0.15, 0.2) is 65.3 Å². The molecule has 0 radical (unpaired) electrons. The third-order valence-corrected chi connectivity index (χ3v) is 4.61. The quantitative estimate of drug-likeness (QED) is 0.539. The van der Waals surface area contributed by atoms with Gasteiger partial charge in [0.05, 0.1) is 19.4 Å². The number of carbonyl (C=O) groups excluding carboxylic acids is 2. The van der Waals surface area contributed by atoms with Crippen LogP contribution in [-0.2, 0) is 17.8 Å². The van der Waals surface area contributed by atoms with E-state index in [0.29, 0.717) is 17.9 Å². The Morgan fingerprint density at radius 3 is 2.48 bits per heavy atom. The molecular weight excluding hydrogens is 366 g/mol. The van der Waals surface area contributed by atoms with E-state index < -0.39 is 0 Å². The summed E-state index contributed by atoms with van der Waals surface area (Å²) in [6.45, 7) is 4.53. The number of furan rings is 1. The maximum Gasteiger partial charge on any atom is 0.251 e. The van der Waals surface area contributed by atoms with E-state index in [1.807, 2.05) is 25.1 Å². The molecule has 0 unspecified atom stereocenters. The number of hydrogen-bond acceptors (Lipinski definition) is 4. The third-order valence-electron chi connectivity index (χ3n) is 4.61. The fraction of sp³-hybridized carbons (Fsp3) is 0.217. The lowest BCUT2D eigenvalue weighted by molar-refractivity contribution is -0.114. The lowest BCUT2D eigenvalue weighted by Crippen LogP contribution is -2.23. The van der Waals surface area contributed by atoms with Crippen molar-refractivity contribution in [3.63, 3.8) is 0 Å². The van der Waals surface area contributed by atoms with Crippen LogP contribution < -0.4 is 16.0 Å². The molecule has 0 spiro atoms. The molecule has 0 aliphatic heterocycles. The summed E-state index contributed by atoms with van der Waals surface area (Å²) in [7, 11) is 0. The molecule has 0 saturated heterocycles. The second kappa shape index (κ2) is 9.59. The molecule has 1 heterocycles. The van der Waals surface area contributed by atoms with Gasteiger partial charge in [-0.3, -0.25) is 9.59 Å². The average Bonchev–Trinajstić information content (AvgIpc) is 3.26. The van der Waals surface area contributed by atoms with Crippen LogP contribution in [0, 0.1) is 6.92 Å². The number of nitrogens with one attached hydrogen (secondary N) is 3. The lowest BCUT2D eigenvalue weighted by atomic mass is 10.1. The summed E-state index contributed by atoms with van der Waals surface area (Å²) in [5.74, 6) is 0.397. The van der Waals surface area contributed by atoms with E-state index in [2.05, 4.69) is 22.9 Å². The van der Waals surface area contributed by atoms with Gasteiger partial charge in [0.15, 0.2) is 0 Å². The van der Waals surface area contributed by atoms with E-state index >= 15 is 0 Å². The molecule has 1 aromatic heterocycles. The van der Waals surface area contributed by atoms with Crippen LogP contribution >= 0.6 is 0 Å². The molecule has 0 atom stereocenters. The SMILES string of the molecule is CCc1cccc(C)c1NC(=O)CNc1ccc(C(=O)NCc2ccco2)cc1. The Morgan fingerprint density at radius 2 is 1.79 bits per heavy atom. The Bertz CT molecular complexity index is 964. The molecule has 0 aliphatic rings. The second-order valence-corrected chi connectivity index (χ2v) is 6.70. The summed E-state index contributed by atoms with van der Waals surface area (Å²) in [5, 5.41) is 8.87. The van der Waals surface area contributed by atoms with Crippen molar-refractivity contribution in [1.82, 2.24) is 5.32 Å². The van der Waals surface area contributed by atoms with Crippen LogP contribution in [0.5, 0.6) is 0 Å². The topological polar surface area (TPSA) is 83.4 Å². The minimum Gasteiger partial charge on any atom is -0.467 e. The molecule has 2 amide bonds. The van der Waals surface area contributed by atoms with Gasteiger partial charge >= 0.3 is 0 Å². The summed E-state index contributed by atoms with van der Waals surface area (Å²) in [4.78, 5) is 24.5. The van der Waals surface area contributed by atoms with Gasteiger partial charge in [0, 0.05) is 16.9 Å². The van der Waals surface area contributed by atoms with Crippen molar-refractivity contribution in [2.45, 2.75) is 26.8 Å². The van der Waals surface area contributed by atoms with Crippen molar-refractivity contribution >= 4 is 23.2 Å². The molecule has 150 valence electrons. The number of anilines is 2. The molecule has 3 aromatic rings. The van der Waals surface area contributed by atoms with Crippen molar-refractivity contribution in [3.8, 4) is 0 Å². The minimum atomic E-state index is -0.183. The number of para-hydroxylation sites is 1. The van der Waals surface area contributed by atoms with Gasteiger partial charge in [0.2, 0.25) is 5.91 Å². The normalized spacial score (nSPS) is 10.4. The molecule has 0 saturated carbocycles. The third kappa shape index (κ3) is 5.48. The largest absolute Gasteiger partial charge is 0.467 e. The van der Waals surface area contributed by atoms with Crippen LogP contribution in [0.25, 0.3) is 0 Å². The molecule has 0 fully saturated rings. The fourth-order valence-corrected chi connectivity index (χ4v) is 2.99. The molecule has 3 rings (SSSR count). The highest BCUT2D eigenvalue weighted by molar-refractivity contribution is 5.96. The highest BCUT2D eigenvalue weighted by Crippen LogP contribution is 2.21. The van der Waals surface area contributed by atoms with Crippen LogP contribution in [0.3, 0.4) is 0 Å². The second-order valence-electron chi connectivity index (χ2n) is 6.70. The first-order valence-corrected chi connectivity index (χ1v) is 9.59. The first-order valence-electron chi connectivity index (χ1n) is 9.59. The van der Waals surface area contributed by atoms with Gasteiger partial charge in [0.1, 0.15) is 5.76 Å². The maximum atomic E-state index is 12.3. The standard InChI is InChI=1S/C23H25N3O3/c1-3-17-7-4-6-16(2)22(17)26-21(27)15-24-19-11-9-18(10-12-19)23(28)25-14-20-8-5-13-29-20/h4-13,24H,3,14-15H2,1-2H3,(H,25,28)(H,26,27). The first kappa shape index (κ1) is 20.2. The number of hydrogen-bond donors (Lipinski definition) is 3. The molecule has 6 heteroatoms. The number of amides is 2. The Labute approximate surface area is 170 Å². The molecule has 2 aromatic carbocycles. The van der Waals surface area contributed by atoms with Gasteiger partial charge < -0.3 is 20.4 Å². The maximum absolute atomic E-state index is 12.3. The Hall–Kier alpha value is -3.54. The smallest absolute Gasteiger partial charge is 0.251 e. The number of rotatable bonds is 8. The summed E-state index contributed by atoms with van der Waals surface area (Å²) in [6.07, 6.45) is 2.43. The Morgan fingerprint density at radius 1 is 1.00 bits per heavy atom. The van der Waals surface area contributed by atoms with E-state index in [4.69, 9.17) is 4.42 Å². The van der Waals surface area contributed by atoms with Gasteiger partial charge in [0.25, 0.3) is 5.91 Å². The zero-order valence-electron chi connectivity index (χ0n) is 16.6. The summed E-state index contributed by atoms with van der Waals surface area (Å²) in [6, 6.07) is 16.6. The van der Waals surface area contributed by atoms with Crippen LogP contribution in [0.2, 0.25) is 0 Å². The Kier molecular flexibility index (Phi) is 6.68. The number of benzene rings is 2. The minimum absolute atomic E-state index is 0.116.